The molecule has 3 aromatic heterocycles. The van der Waals surface area contributed by atoms with Gasteiger partial charge in [-0.25, -0.2) is 19.9 Å². The number of rotatable bonds is 7. The van der Waals surface area contributed by atoms with Gasteiger partial charge in [-0.05, 0) is 42.5 Å². The zero-order valence-electron chi connectivity index (χ0n) is 31.3. The first kappa shape index (κ1) is 35.7. The summed E-state index contributed by atoms with van der Waals surface area (Å²) in [6, 6.07) is 61.0. The van der Waals surface area contributed by atoms with E-state index < -0.39 is 11.7 Å². The summed E-state index contributed by atoms with van der Waals surface area (Å²) in [5.74, 6) is 0.962. The minimum atomic E-state index is -4.54. The van der Waals surface area contributed by atoms with Crippen LogP contribution in [-0.2, 0) is 6.18 Å². The predicted molar refractivity (Wildman–Crippen MR) is 230 cm³/mol. The minimum absolute atomic E-state index is 0.403. The van der Waals surface area contributed by atoms with Gasteiger partial charge in [0.1, 0.15) is 0 Å². The molecular formula is C51H32F3N5. The quantitative estimate of drug-likeness (QED) is 0.162. The number of aromatic nitrogens is 5. The lowest BCUT2D eigenvalue weighted by molar-refractivity contribution is -0.137. The second-order valence-corrected chi connectivity index (χ2v) is 14.2. The van der Waals surface area contributed by atoms with Gasteiger partial charge in [0.15, 0.2) is 11.6 Å². The Bertz CT molecular complexity index is 3010. The van der Waals surface area contributed by atoms with Crippen molar-refractivity contribution in [2.45, 2.75) is 6.18 Å². The first-order valence-electron chi connectivity index (χ1n) is 19.1. The van der Waals surface area contributed by atoms with Crippen molar-refractivity contribution in [3.05, 3.63) is 200 Å². The maximum atomic E-state index is 14.4. The number of alkyl halides is 3. The molecule has 0 aliphatic rings. The third kappa shape index (κ3) is 6.80. The van der Waals surface area contributed by atoms with Gasteiger partial charge in [0.25, 0.3) is 0 Å². The van der Waals surface area contributed by atoms with E-state index in [1.165, 1.54) is 6.07 Å². The number of hydrogen-bond donors (Lipinski definition) is 0. The van der Waals surface area contributed by atoms with E-state index >= 15 is 0 Å². The van der Waals surface area contributed by atoms with Crippen LogP contribution in [0.2, 0.25) is 0 Å². The maximum absolute atomic E-state index is 14.4. The molecule has 5 nitrogen and oxygen atoms in total. The van der Waals surface area contributed by atoms with Gasteiger partial charge in [-0.15, -0.1) is 0 Å². The zero-order chi connectivity index (χ0) is 39.9. The molecule has 0 amide bonds. The average Bonchev–Trinajstić information content (AvgIpc) is 3.63. The van der Waals surface area contributed by atoms with Gasteiger partial charge >= 0.3 is 6.18 Å². The van der Waals surface area contributed by atoms with E-state index in [0.717, 1.165) is 50.5 Å². The van der Waals surface area contributed by atoms with Crippen molar-refractivity contribution >= 4 is 21.8 Å². The van der Waals surface area contributed by atoms with Crippen LogP contribution in [0.3, 0.4) is 0 Å². The molecule has 0 atom stereocenters. The van der Waals surface area contributed by atoms with Gasteiger partial charge in [0, 0.05) is 44.2 Å². The van der Waals surface area contributed by atoms with Crippen molar-refractivity contribution in [3.63, 3.8) is 0 Å². The highest BCUT2D eigenvalue weighted by atomic mass is 19.4. The molecule has 0 saturated heterocycles. The molecule has 0 fully saturated rings. The van der Waals surface area contributed by atoms with Gasteiger partial charge in [-0.2, -0.15) is 13.2 Å². The van der Waals surface area contributed by atoms with Crippen LogP contribution in [0.1, 0.15) is 5.56 Å². The second-order valence-electron chi connectivity index (χ2n) is 14.2. The van der Waals surface area contributed by atoms with E-state index in [-0.39, 0.29) is 0 Å². The number of nitrogens with zero attached hydrogens (tertiary/aromatic N) is 5. The van der Waals surface area contributed by atoms with Gasteiger partial charge in [0.2, 0.25) is 0 Å². The fourth-order valence-corrected chi connectivity index (χ4v) is 7.63. The highest BCUT2D eigenvalue weighted by molar-refractivity contribution is 6.10. The van der Waals surface area contributed by atoms with Crippen LogP contribution >= 0.6 is 0 Å². The number of para-hydroxylation sites is 1. The minimum Gasteiger partial charge on any atom is -0.308 e. The van der Waals surface area contributed by atoms with Crippen LogP contribution in [0.15, 0.2) is 194 Å². The molecule has 0 aliphatic heterocycles. The molecular weight excluding hydrogens is 740 g/mol. The van der Waals surface area contributed by atoms with Crippen LogP contribution in [0.5, 0.6) is 0 Å². The normalized spacial score (nSPS) is 11.6. The van der Waals surface area contributed by atoms with Gasteiger partial charge in [-0.1, -0.05) is 152 Å². The first-order chi connectivity index (χ1) is 28.9. The molecule has 0 saturated carbocycles. The van der Waals surface area contributed by atoms with Crippen molar-refractivity contribution in [2.24, 2.45) is 0 Å². The Balaban J connectivity index is 1.28. The highest BCUT2D eigenvalue weighted by Crippen LogP contribution is 2.41. The van der Waals surface area contributed by atoms with Crippen molar-refractivity contribution in [1.29, 1.82) is 0 Å². The monoisotopic (exact) mass is 771 g/mol. The van der Waals surface area contributed by atoms with Gasteiger partial charge in [-0.3, -0.25) is 0 Å². The zero-order valence-corrected chi connectivity index (χ0v) is 31.3. The summed E-state index contributed by atoms with van der Waals surface area (Å²) in [6.07, 6.45) is -4.54. The summed E-state index contributed by atoms with van der Waals surface area (Å²) in [4.78, 5) is 20.5. The Hall–Kier alpha value is -7.71. The van der Waals surface area contributed by atoms with Crippen molar-refractivity contribution in [2.75, 3.05) is 0 Å². The number of benzene rings is 7. The highest BCUT2D eigenvalue weighted by Gasteiger charge is 2.31. The van der Waals surface area contributed by atoms with Crippen molar-refractivity contribution < 1.29 is 13.2 Å². The number of halogens is 3. The van der Waals surface area contributed by atoms with Crippen LogP contribution in [0.4, 0.5) is 13.2 Å². The molecule has 0 radical (unpaired) electrons. The smallest absolute Gasteiger partial charge is 0.308 e. The second kappa shape index (κ2) is 14.7. The SMILES string of the molecule is FC(F)(F)c1ccc2c3ccccc3n(-c3ccc(-c4cc(-c5ccccc5)nc(-c5ccccc5)n4)cc3-c3nc(-c4ccccc4)cc(-c4ccccc4)n3)c2c1. The number of fused-ring (bicyclic) bond motifs is 3. The summed E-state index contributed by atoms with van der Waals surface area (Å²) in [5, 5.41) is 1.52. The number of hydrogen-bond acceptors (Lipinski definition) is 4. The summed E-state index contributed by atoms with van der Waals surface area (Å²) >= 11 is 0. The van der Waals surface area contributed by atoms with Crippen LogP contribution in [0.25, 0.3) is 95.3 Å². The van der Waals surface area contributed by atoms with Gasteiger partial charge < -0.3 is 4.57 Å². The summed E-state index contributed by atoms with van der Waals surface area (Å²) < 4.78 is 45.0. The molecule has 0 N–H and O–H groups in total. The largest absolute Gasteiger partial charge is 0.416 e. The molecule has 282 valence electrons. The molecule has 0 unspecified atom stereocenters. The Morgan fingerprint density at radius 1 is 0.356 bits per heavy atom. The summed E-state index contributed by atoms with van der Waals surface area (Å²) in [7, 11) is 0. The lowest BCUT2D eigenvalue weighted by atomic mass is 10.0. The topological polar surface area (TPSA) is 56.5 Å². The van der Waals surface area contributed by atoms with E-state index in [0.29, 0.717) is 50.9 Å². The molecule has 3 heterocycles. The molecule has 59 heavy (non-hydrogen) atoms. The van der Waals surface area contributed by atoms with Crippen LogP contribution in [0, 0.1) is 0 Å². The van der Waals surface area contributed by atoms with E-state index in [1.54, 1.807) is 6.07 Å². The van der Waals surface area contributed by atoms with Crippen molar-refractivity contribution in [3.8, 4) is 73.5 Å². The fraction of sp³-hybridized carbons (Fsp3) is 0.0196. The van der Waals surface area contributed by atoms with Gasteiger partial charge in [0.05, 0.1) is 45.1 Å². The lowest BCUT2D eigenvalue weighted by Gasteiger charge is -2.17. The first-order valence-corrected chi connectivity index (χ1v) is 19.1. The standard InChI is InChI=1S/C51H32F3N5/c52-51(53,54)38-26-27-40-39-23-13-14-24-46(39)59(48(40)30-38)47-28-25-37(45-32-42(33-15-5-1-6-16-33)55-49(56-45)36-21-11-4-12-22-36)29-41(47)50-57-43(34-17-7-2-8-18-34)31-44(58-50)35-19-9-3-10-20-35/h1-32H. The molecule has 8 heteroatoms. The molecule has 10 rings (SSSR count). The molecule has 0 spiro atoms. The third-order valence-electron chi connectivity index (χ3n) is 10.5. The van der Waals surface area contributed by atoms with E-state index in [2.05, 4.69) is 0 Å². The molecule has 0 bridgehead atoms. The molecule has 10 aromatic rings. The van der Waals surface area contributed by atoms with E-state index in [4.69, 9.17) is 19.9 Å². The Morgan fingerprint density at radius 2 is 0.814 bits per heavy atom. The van der Waals surface area contributed by atoms with Crippen LogP contribution < -0.4 is 0 Å². The maximum Gasteiger partial charge on any atom is 0.416 e. The molecule has 0 aliphatic carbocycles. The molecule has 7 aromatic carbocycles. The third-order valence-corrected chi connectivity index (χ3v) is 10.5. The van der Waals surface area contributed by atoms with Crippen molar-refractivity contribution in [1.82, 2.24) is 24.5 Å². The summed E-state index contributed by atoms with van der Waals surface area (Å²) in [5.41, 5.74) is 8.81. The van der Waals surface area contributed by atoms with E-state index in [1.807, 2.05) is 180 Å². The lowest BCUT2D eigenvalue weighted by Crippen LogP contribution is -2.06. The van der Waals surface area contributed by atoms with E-state index in [9.17, 15) is 13.2 Å². The Kier molecular flexibility index (Phi) is 8.87. The predicted octanol–water partition coefficient (Wildman–Crippen LogP) is 13.4. The fourth-order valence-electron chi connectivity index (χ4n) is 7.63. The van der Waals surface area contributed by atoms with Crippen LogP contribution in [-0.4, -0.2) is 24.5 Å². The Morgan fingerprint density at radius 3 is 1.36 bits per heavy atom. The Labute approximate surface area is 337 Å². The summed E-state index contributed by atoms with van der Waals surface area (Å²) in [6.45, 7) is 0. The average molecular weight is 772 g/mol.